The molecule has 0 aromatic rings. The van der Waals surface area contributed by atoms with Crippen molar-refractivity contribution in [2.24, 2.45) is 0 Å². The van der Waals surface area contributed by atoms with Crippen molar-refractivity contribution in [1.82, 2.24) is 16.0 Å². The molecule has 0 aromatic heterocycles. The van der Waals surface area contributed by atoms with Gasteiger partial charge >= 0.3 is 26.1 Å². The minimum absolute atomic E-state index is 1.17. The summed E-state index contributed by atoms with van der Waals surface area (Å²) in [6.07, 6.45) is -3.58. The summed E-state index contributed by atoms with van der Waals surface area (Å²) in [6, 6.07) is 0. The third kappa shape index (κ3) is 5.61. The molecule has 0 saturated carbocycles. The predicted molar refractivity (Wildman–Crippen MR) is 54.2 cm³/mol. The van der Waals surface area contributed by atoms with E-state index in [0.717, 1.165) is 0 Å². The number of carbonyl (C=O) groups excluding carboxylic acids is 3. The van der Waals surface area contributed by atoms with Gasteiger partial charge in [0.15, 0.2) is 0 Å². The molecule has 11 heteroatoms. The Kier molecular flexibility index (Phi) is 5.83. The molecule has 0 atom stereocenters. The van der Waals surface area contributed by atoms with E-state index in [4.69, 9.17) is 0 Å². The molecule has 0 rings (SSSR count). The van der Waals surface area contributed by atoms with Crippen LogP contribution in [0, 0.1) is 0 Å². The van der Waals surface area contributed by atoms with Gasteiger partial charge in [0, 0.05) is 21.1 Å². The lowest BCUT2D eigenvalue weighted by molar-refractivity contribution is 0.141. The quantitative estimate of drug-likeness (QED) is 0.621. The second-order valence-electron chi connectivity index (χ2n) is 2.33. The highest BCUT2D eigenvalue weighted by atomic mass is 31.2. The molecule has 0 aromatic carbocycles. The zero-order valence-corrected chi connectivity index (χ0v) is 10.2. The fourth-order valence-corrected chi connectivity index (χ4v) is 1.49. The molecule has 0 radical (unpaired) electrons. The number of nitrogens with one attached hydrogen (secondary N) is 3. The van der Waals surface area contributed by atoms with Crippen LogP contribution in [0.3, 0.4) is 0 Å². The van der Waals surface area contributed by atoms with Crippen LogP contribution in [0.4, 0.5) is 14.4 Å². The van der Waals surface area contributed by atoms with Gasteiger partial charge in [-0.25, -0.2) is 14.4 Å². The van der Waals surface area contributed by atoms with Gasteiger partial charge in [-0.1, -0.05) is 0 Å². The van der Waals surface area contributed by atoms with Crippen LogP contribution in [-0.4, -0.2) is 39.4 Å². The number of amides is 3. The van der Waals surface area contributed by atoms with Crippen LogP contribution < -0.4 is 16.0 Å². The van der Waals surface area contributed by atoms with Crippen molar-refractivity contribution < 1.29 is 32.5 Å². The van der Waals surface area contributed by atoms with Crippen LogP contribution >= 0.6 is 7.82 Å². The lowest BCUT2D eigenvalue weighted by Crippen LogP contribution is -2.26. The van der Waals surface area contributed by atoms with Crippen LogP contribution in [-0.2, 0) is 18.1 Å². The lowest BCUT2D eigenvalue weighted by Gasteiger charge is -2.15. The Bertz CT molecular complexity index is 305. The smallest absolute Gasteiger partial charge is 0.334 e. The summed E-state index contributed by atoms with van der Waals surface area (Å²) in [5.74, 6) is 0. The summed E-state index contributed by atoms with van der Waals surface area (Å²) in [5.41, 5.74) is 0. The molecule has 0 unspecified atom stereocenters. The summed E-state index contributed by atoms with van der Waals surface area (Å²) >= 11 is 0. The molecule has 3 amide bonds. The monoisotopic (exact) mass is 269 g/mol. The molecule has 0 aliphatic carbocycles. The second-order valence-corrected chi connectivity index (χ2v) is 3.78. The first kappa shape index (κ1) is 15.0. The van der Waals surface area contributed by atoms with Gasteiger partial charge in [0.1, 0.15) is 0 Å². The summed E-state index contributed by atoms with van der Waals surface area (Å²) < 4.78 is 24.2. The fraction of sp³-hybridized carbons (Fsp3) is 0.500. The van der Waals surface area contributed by atoms with Crippen molar-refractivity contribution in [1.29, 1.82) is 0 Å². The van der Waals surface area contributed by atoms with Gasteiger partial charge in [-0.15, -0.1) is 0 Å². The SMILES string of the molecule is CNC(=O)OP(=O)(OC(=O)NC)OC(=O)NC. The largest absolute Gasteiger partial charge is 0.657 e. The second kappa shape index (κ2) is 6.59. The molecule has 0 saturated heterocycles. The first-order valence-corrected chi connectivity index (χ1v) is 5.67. The standard InChI is InChI=1S/C6H12N3O7P/c1-7-4(10)14-17(13,15-5(11)8-2)16-6(12)9-3/h1-3H3,(H,7,10)(H,8,11)(H,9,12). The number of rotatable bonds is 3. The molecule has 0 aliphatic rings. The zero-order chi connectivity index (χ0) is 13.5. The lowest BCUT2D eigenvalue weighted by atomic mass is 11.1. The summed E-state index contributed by atoms with van der Waals surface area (Å²) in [5, 5.41) is 5.84. The van der Waals surface area contributed by atoms with Crippen molar-refractivity contribution in [3.63, 3.8) is 0 Å². The number of carbonyl (C=O) groups is 3. The molecule has 0 bridgehead atoms. The van der Waals surface area contributed by atoms with E-state index in [0.29, 0.717) is 0 Å². The van der Waals surface area contributed by atoms with E-state index in [1.54, 1.807) is 0 Å². The van der Waals surface area contributed by atoms with Crippen molar-refractivity contribution in [2.45, 2.75) is 0 Å². The Morgan fingerprint density at radius 3 is 1.18 bits per heavy atom. The molecule has 10 nitrogen and oxygen atoms in total. The minimum atomic E-state index is -4.67. The van der Waals surface area contributed by atoms with Gasteiger partial charge in [-0.05, 0) is 0 Å². The van der Waals surface area contributed by atoms with Crippen LogP contribution in [0.25, 0.3) is 0 Å². The molecule has 0 spiro atoms. The highest BCUT2D eigenvalue weighted by Crippen LogP contribution is 2.49. The van der Waals surface area contributed by atoms with Crippen LogP contribution in [0.5, 0.6) is 0 Å². The third-order valence-corrected chi connectivity index (χ3v) is 2.36. The van der Waals surface area contributed by atoms with Crippen molar-refractivity contribution >= 4 is 26.1 Å². The maximum Gasteiger partial charge on any atom is 0.657 e. The average molecular weight is 269 g/mol. The van der Waals surface area contributed by atoms with E-state index < -0.39 is 26.1 Å². The fourth-order valence-electron chi connectivity index (χ4n) is 0.497. The van der Waals surface area contributed by atoms with E-state index in [2.05, 4.69) is 13.6 Å². The Morgan fingerprint density at radius 2 is 1.00 bits per heavy atom. The maximum absolute atomic E-state index is 11.7. The number of phosphoric ester groups is 1. The molecule has 17 heavy (non-hydrogen) atoms. The maximum atomic E-state index is 11.7. The molecule has 0 aliphatic heterocycles. The van der Waals surface area contributed by atoms with Crippen molar-refractivity contribution in [3.05, 3.63) is 0 Å². The van der Waals surface area contributed by atoms with Gasteiger partial charge in [-0.3, -0.25) is 0 Å². The molecular formula is C6H12N3O7P. The molecular weight excluding hydrogens is 257 g/mol. The van der Waals surface area contributed by atoms with E-state index in [-0.39, 0.29) is 0 Å². The Hall–Kier alpha value is -1.96. The molecule has 98 valence electrons. The average Bonchev–Trinajstić information content (AvgIpc) is 2.27. The minimum Gasteiger partial charge on any atom is -0.334 e. The molecule has 3 N–H and O–H groups in total. The number of phosphoric acid groups is 1. The first-order valence-electron chi connectivity index (χ1n) is 4.21. The van der Waals surface area contributed by atoms with Crippen molar-refractivity contribution in [3.8, 4) is 0 Å². The highest BCUT2D eigenvalue weighted by molar-refractivity contribution is 7.50. The van der Waals surface area contributed by atoms with Gasteiger partial charge in [0.05, 0.1) is 0 Å². The van der Waals surface area contributed by atoms with Gasteiger partial charge < -0.3 is 29.5 Å². The number of hydrogen-bond acceptors (Lipinski definition) is 7. The normalized spacial score (nSPS) is 9.82. The zero-order valence-electron chi connectivity index (χ0n) is 9.30. The summed E-state index contributed by atoms with van der Waals surface area (Å²) in [6.45, 7) is 0. The van der Waals surface area contributed by atoms with E-state index in [1.165, 1.54) is 21.1 Å². The molecule has 0 heterocycles. The predicted octanol–water partition coefficient (Wildman–Crippen LogP) is 0.162. The highest BCUT2D eigenvalue weighted by Gasteiger charge is 2.39. The van der Waals surface area contributed by atoms with E-state index in [9.17, 15) is 18.9 Å². The van der Waals surface area contributed by atoms with E-state index in [1.807, 2.05) is 16.0 Å². The van der Waals surface area contributed by atoms with E-state index >= 15 is 0 Å². The van der Waals surface area contributed by atoms with Gasteiger partial charge in [0.2, 0.25) is 0 Å². The Morgan fingerprint density at radius 1 is 0.765 bits per heavy atom. The van der Waals surface area contributed by atoms with Crippen LogP contribution in [0.2, 0.25) is 0 Å². The first-order chi connectivity index (χ1) is 7.86. The van der Waals surface area contributed by atoms with Gasteiger partial charge in [-0.2, -0.15) is 4.57 Å². The summed E-state index contributed by atoms with van der Waals surface area (Å²) in [7, 11) is -1.15. The van der Waals surface area contributed by atoms with Crippen LogP contribution in [0.15, 0.2) is 0 Å². The summed E-state index contributed by atoms with van der Waals surface area (Å²) in [4.78, 5) is 32.5. The Balaban J connectivity index is 4.80. The topological polar surface area (TPSA) is 132 Å². The van der Waals surface area contributed by atoms with Gasteiger partial charge in [0.25, 0.3) is 0 Å². The molecule has 0 fully saturated rings. The van der Waals surface area contributed by atoms with Crippen LogP contribution in [0.1, 0.15) is 0 Å². The number of hydrogen-bond donors (Lipinski definition) is 3. The third-order valence-electron chi connectivity index (χ3n) is 1.20. The van der Waals surface area contributed by atoms with Crippen molar-refractivity contribution in [2.75, 3.05) is 21.1 Å². The Labute approximate surface area is 96.6 Å².